The number of imidazole rings is 1. The molecule has 1 aromatic carbocycles. The average molecular weight is 405 g/mol. The highest BCUT2D eigenvalue weighted by molar-refractivity contribution is 5.70. The van der Waals surface area contributed by atoms with E-state index in [1.807, 2.05) is 42.5 Å². The number of pyridine rings is 1. The SMILES string of the molecule is COc1cc(-c2cnc3ccc(NCCc4ccccn4)nn23)cc(OC)c1OC. The van der Waals surface area contributed by atoms with Gasteiger partial charge in [-0.15, -0.1) is 5.10 Å². The van der Waals surface area contributed by atoms with Gasteiger partial charge in [0, 0.05) is 30.4 Å². The van der Waals surface area contributed by atoms with Crippen molar-refractivity contribution in [2.45, 2.75) is 6.42 Å². The molecular weight excluding hydrogens is 382 g/mol. The van der Waals surface area contributed by atoms with Crippen LogP contribution in [0, 0.1) is 0 Å². The van der Waals surface area contributed by atoms with Crippen molar-refractivity contribution in [2.75, 3.05) is 33.2 Å². The second-order valence-corrected chi connectivity index (χ2v) is 6.54. The van der Waals surface area contributed by atoms with Crippen molar-refractivity contribution in [1.29, 1.82) is 0 Å². The smallest absolute Gasteiger partial charge is 0.203 e. The van der Waals surface area contributed by atoms with Crippen LogP contribution in [0.5, 0.6) is 17.2 Å². The lowest BCUT2D eigenvalue weighted by Crippen LogP contribution is -2.09. The minimum absolute atomic E-state index is 0.544. The molecule has 1 N–H and O–H groups in total. The Morgan fingerprint density at radius 1 is 0.933 bits per heavy atom. The highest BCUT2D eigenvalue weighted by Crippen LogP contribution is 2.41. The predicted molar refractivity (Wildman–Crippen MR) is 115 cm³/mol. The molecule has 0 fully saturated rings. The molecule has 0 spiro atoms. The van der Waals surface area contributed by atoms with Gasteiger partial charge in [0.15, 0.2) is 17.1 Å². The number of nitrogens with zero attached hydrogens (tertiary/aromatic N) is 4. The molecule has 4 rings (SSSR count). The maximum atomic E-state index is 5.48. The normalized spacial score (nSPS) is 10.8. The maximum Gasteiger partial charge on any atom is 0.203 e. The fourth-order valence-corrected chi connectivity index (χ4v) is 3.26. The summed E-state index contributed by atoms with van der Waals surface area (Å²) in [5.74, 6) is 2.45. The molecule has 0 saturated carbocycles. The molecule has 8 nitrogen and oxygen atoms in total. The van der Waals surface area contributed by atoms with Crippen molar-refractivity contribution in [2.24, 2.45) is 0 Å². The maximum absolute atomic E-state index is 5.48. The van der Waals surface area contributed by atoms with Crippen LogP contribution in [0.3, 0.4) is 0 Å². The van der Waals surface area contributed by atoms with Gasteiger partial charge < -0.3 is 19.5 Å². The molecule has 3 heterocycles. The number of methoxy groups -OCH3 is 3. The zero-order valence-electron chi connectivity index (χ0n) is 17.1. The first-order chi connectivity index (χ1) is 14.7. The van der Waals surface area contributed by atoms with E-state index < -0.39 is 0 Å². The van der Waals surface area contributed by atoms with Crippen LogP contribution in [0.15, 0.2) is 54.9 Å². The highest BCUT2D eigenvalue weighted by atomic mass is 16.5. The molecular formula is C22H23N5O3. The van der Waals surface area contributed by atoms with Gasteiger partial charge in [-0.25, -0.2) is 9.50 Å². The lowest BCUT2D eigenvalue weighted by atomic mass is 10.1. The largest absolute Gasteiger partial charge is 0.493 e. The van der Waals surface area contributed by atoms with E-state index in [1.165, 1.54) is 0 Å². The second kappa shape index (κ2) is 8.69. The van der Waals surface area contributed by atoms with Crippen LogP contribution < -0.4 is 19.5 Å². The number of rotatable bonds is 8. The van der Waals surface area contributed by atoms with Crippen LogP contribution in [-0.4, -0.2) is 47.5 Å². The standard InChI is InChI=1S/C22H23N5O3/c1-28-18-12-15(13-19(29-2)22(18)30-3)17-14-25-21-8-7-20(26-27(17)21)24-11-9-16-6-4-5-10-23-16/h4-8,10,12-14H,9,11H2,1-3H3,(H,24,26). The molecule has 0 aliphatic heterocycles. The van der Waals surface area contributed by atoms with Crippen LogP contribution in [0.1, 0.15) is 5.69 Å². The lowest BCUT2D eigenvalue weighted by Gasteiger charge is -2.14. The van der Waals surface area contributed by atoms with Gasteiger partial charge in [0.05, 0.1) is 33.2 Å². The molecule has 0 aliphatic rings. The van der Waals surface area contributed by atoms with Gasteiger partial charge in [-0.1, -0.05) is 6.07 Å². The third kappa shape index (κ3) is 3.84. The molecule has 0 saturated heterocycles. The van der Waals surface area contributed by atoms with Crippen LogP contribution in [0.4, 0.5) is 5.82 Å². The molecule has 30 heavy (non-hydrogen) atoms. The monoisotopic (exact) mass is 405 g/mol. The van der Waals surface area contributed by atoms with Gasteiger partial charge in [0.2, 0.25) is 5.75 Å². The summed E-state index contributed by atoms with van der Waals surface area (Å²) in [5, 5.41) is 8.05. The van der Waals surface area contributed by atoms with E-state index in [1.54, 1.807) is 38.2 Å². The van der Waals surface area contributed by atoms with Crippen molar-refractivity contribution in [3.8, 4) is 28.5 Å². The van der Waals surface area contributed by atoms with Gasteiger partial charge in [0.1, 0.15) is 5.82 Å². The molecule has 0 atom stereocenters. The first-order valence-corrected chi connectivity index (χ1v) is 9.52. The number of benzene rings is 1. The Labute approximate surface area is 174 Å². The minimum Gasteiger partial charge on any atom is -0.493 e. The molecule has 0 amide bonds. The first kappa shape index (κ1) is 19.5. The van der Waals surface area contributed by atoms with Crippen molar-refractivity contribution in [3.05, 3.63) is 60.6 Å². The summed E-state index contributed by atoms with van der Waals surface area (Å²) in [6, 6.07) is 13.5. The number of anilines is 1. The van der Waals surface area contributed by atoms with E-state index in [0.29, 0.717) is 17.2 Å². The number of hydrogen-bond donors (Lipinski definition) is 1. The summed E-state index contributed by atoms with van der Waals surface area (Å²) in [6.45, 7) is 0.726. The number of aromatic nitrogens is 4. The number of ether oxygens (including phenoxy) is 3. The quantitative estimate of drug-likeness (QED) is 0.481. The first-order valence-electron chi connectivity index (χ1n) is 9.52. The van der Waals surface area contributed by atoms with Crippen LogP contribution in [0.25, 0.3) is 16.9 Å². The van der Waals surface area contributed by atoms with E-state index >= 15 is 0 Å². The molecule has 8 heteroatoms. The molecule has 4 aromatic rings. The van der Waals surface area contributed by atoms with Crippen LogP contribution >= 0.6 is 0 Å². The molecule has 3 aromatic heterocycles. The Hall–Kier alpha value is -3.81. The fraction of sp³-hybridized carbons (Fsp3) is 0.227. The van der Waals surface area contributed by atoms with Gasteiger partial charge in [-0.05, 0) is 36.4 Å². The van der Waals surface area contributed by atoms with Crippen LogP contribution in [0.2, 0.25) is 0 Å². The van der Waals surface area contributed by atoms with E-state index in [9.17, 15) is 0 Å². The van der Waals surface area contributed by atoms with Crippen molar-refractivity contribution in [1.82, 2.24) is 19.6 Å². The fourth-order valence-electron chi connectivity index (χ4n) is 3.26. The predicted octanol–water partition coefficient (Wildman–Crippen LogP) is 3.47. The average Bonchev–Trinajstić information content (AvgIpc) is 3.22. The van der Waals surface area contributed by atoms with E-state index in [-0.39, 0.29) is 0 Å². The summed E-state index contributed by atoms with van der Waals surface area (Å²) < 4.78 is 18.2. The second-order valence-electron chi connectivity index (χ2n) is 6.54. The van der Waals surface area contributed by atoms with E-state index in [2.05, 4.69) is 15.3 Å². The topological polar surface area (TPSA) is 82.8 Å². The van der Waals surface area contributed by atoms with Gasteiger partial charge >= 0.3 is 0 Å². The van der Waals surface area contributed by atoms with Crippen molar-refractivity contribution >= 4 is 11.5 Å². The Bertz CT molecular complexity index is 1120. The summed E-state index contributed by atoms with van der Waals surface area (Å²) in [5.41, 5.74) is 3.45. The van der Waals surface area contributed by atoms with Crippen molar-refractivity contribution < 1.29 is 14.2 Å². The van der Waals surface area contributed by atoms with Gasteiger partial charge in [-0.2, -0.15) is 0 Å². The Morgan fingerprint density at radius 3 is 2.40 bits per heavy atom. The third-order valence-electron chi connectivity index (χ3n) is 4.74. The Kier molecular flexibility index (Phi) is 5.65. The van der Waals surface area contributed by atoms with E-state index in [4.69, 9.17) is 19.3 Å². The summed E-state index contributed by atoms with van der Waals surface area (Å²) >= 11 is 0. The number of hydrogen-bond acceptors (Lipinski definition) is 7. The Morgan fingerprint density at radius 2 is 1.73 bits per heavy atom. The van der Waals surface area contributed by atoms with Crippen LogP contribution in [-0.2, 0) is 6.42 Å². The number of nitrogens with one attached hydrogen (secondary N) is 1. The summed E-state index contributed by atoms with van der Waals surface area (Å²) in [6.07, 6.45) is 4.39. The lowest BCUT2D eigenvalue weighted by molar-refractivity contribution is 0.324. The summed E-state index contributed by atoms with van der Waals surface area (Å²) in [7, 11) is 4.77. The molecule has 154 valence electrons. The van der Waals surface area contributed by atoms with E-state index in [0.717, 1.165) is 41.4 Å². The Balaban J connectivity index is 1.63. The zero-order valence-corrected chi connectivity index (χ0v) is 17.1. The summed E-state index contributed by atoms with van der Waals surface area (Å²) in [4.78, 5) is 8.81. The molecule has 0 bridgehead atoms. The highest BCUT2D eigenvalue weighted by Gasteiger charge is 2.17. The van der Waals surface area contributed by atoms with Gasteiger partial charge in [-0.3, -0.25) is 4.98 Å². The minimum atomic E-state index is 0.544. The van der Waals surface area contributed by atoms with Crippen molar-refractivity contribution in [3.63, 3.8) is 0 Å². The zero-order chi connectivity index (χ0) is 20.9. The molecule has 0 aliphatic carbocycles. The van der Waals surface area contributed by atoms with Gasteiger partial charge in [0.25, 0.3) is 0 Å². The number of fused-ring (bicyclic) bond motifs is 1. The molecule has 0 radical (unpaired) electrons. The molecule has 0 unspecified atom stereocenters. The third-order valence-corrected chi connectivity index (χ3v) is 4.74.